The molecule has 0 aliphatic heterocycles. The van der Waals surface area contributed by atoms with Crippen molar-refractivity contribution in [2.45, 2.75) is 37.6 Å². The molecule has 0 heterocycles. The minimum atomic E-state index is -3.95. The lowest BCUT2D eigenvalue weighted by atomic mass is 10.1. The molecule has 1 aliphatic carbocycles. The van der Waals surface area contributed by atoms with Gasteiger partial charge in [0.2, 0.25) is 0 Å². The predicted molar refractivity (Wildman–Crippen MR) is 72.2 cm³/mol. The molecular weight excluding hydrogens is 266 g/mol. The van der Waals surface area contributed by atoms with Crippen molar-refractivity contribution in [3.8, 4) is 0 Å². The Labute approximate surface area is 112 Å². The first-order valence-corrected chi connectivity index (χ1v) is 7.48. The molecule has 0 spiro atoms. The van der Waals surface area contributed by atoms with Crippen LogP contribution in [0, 0.1) is 13.8 Å². The van der Waals surface area contributed by atoms with E-state index in [1.165, 1.54) is 0 Å². The first-order valence-electron chi connectivity index (χ1n) is 6.00. The lowest BCUT2D eigenvalue weighted by molar-refractivity contribution is 0.245. The van der Waals surface area contributed by atoms with Crippen molar-refractivity contribution in [2.75, 3.05) is 5.73 Å². The van der Waals surface area contributed by atoms with Gasteiger partial charge in [-0.25, -0.2) is 17.9 Å². The third-order valence-electron chi connectivity index (χ3n) is 3.02. The van der Waals surface area contributed by atoms with E-state index < -0.39 is 16.1 Å². The van der Waals surface area contributed by atoms with Crippen LogP contribution in [0.15, 0.2) is 17.0 Å². The van der Waals surface area contributed by atoms with Crippen molar-refractivity contribution >= 4 is 21.7 Å². The number of urea groups is 1. The van der Waals surface area contributed by atoms with E-state index in [2.05, 4.69) is 5.32 Å². The fourth-order valence-electron chi connectivity index (χ4n) is 1.78. The number of benzene rings is 1. The molecular formula is C12H17N3O3S. The summed E-state index contributed by atoms with van der Waals surface area (Å²) in [7, 11) is -3.95. The topological polar surface area (TPSA) is 101 Å². The fourth-order valence-corrected chi connectivity index (χ4v) is 3.13. The van der Waals surface area contributed by atoms with Crippen LogP contribution in [0.2, 0.25) is 0 Å². The van der Waals surface area contributed by atoms with Crippen molar-refractivity contribution in [3.05, 3.63) is 23.3 Å². The predicted octanol–water partition coefficient (Wildman–Crippen LogP) is 1.04. The Kier molecular flexibility index (Phi) is 3.40. The number of nitrogen functional groups attached to an aromatic ring is 1. The maximum absolute atomic E-state index is 12.2. The molecule has 19 heavy (non-hydrogen) atoms. The van der Waals surface area contributed by atoms with E-state index in [0.717, 1.165) is 12.8 Å². The first kappa shape index (κ1) is 13.7. The second-order valence-electron chi connectivity index (χ2n) is 4.80. The van der Waals surface area contributed by atoms with Gasteiger partial charge in [-0.2, -0.15) is 0 Å². The average molecular weight is 283 g/mol. The molecule has 1 fully saturated rings. The van der Waals surface area contributed by atoms with Gasteiger partial charge >= 0.3 is 6.03 Å². The lowest BCUT2D eigenvalue weighted by Crippen LogP contribution is -2.40. The van der Waals surface area contributed by atoms with Crippen molar-refractivity contribution in [3.63, 3.8) is 0 Å². The molecule has 0 saturated heterocycles. The molecule has 0 aromatic heterocycles. The van der Waals surface area contributed by atoms with E-state index in [1.54, 1.807) is 26.0 Å². The summed E-state index contributed by atoms with van der Waals surface area (Å²) >= 11 is 0. The van der Waals surface area contributed by atoms with E-state index in [4.69, 9.17) is 5.73 Å². The van der Waals surface area contributed by atoms with E-state index in [0.29, 0.717) is 11.1 Å². The molecule has 2 amide bonds. The summed E-state index contributed by atoms with van der Waals surface area (Å²) in [5, 5.41) is 2.56. The van der Waals surface area contributed by atoms with Crippen LogP contribution >= 0.6 is 0 Å². The number of carbonyl (C=O) groups excluding carboxylic acids is 1. The lowest BCUT2D eigenvalue weighted by Gasteiger charge is -2.13. The molecule has 1 aromatic rings. The number of hydrogen-bond acceptors (Lipinski definition) is 4. The van der Waals surface area contributed by atoms with Crippen molar-refractivity contribution in [1.29, 1.82) is 0 Å². The minimum Gasteiger partial charge on any atom is -0.397 e. The molecule has 1 aromatic carbocycles. The Bertz CT molecular complexity index is 621. The zero-order valence-electron chi connectivity index (χ0n) is 10.9. The van der Waals surface area contributed by atoms with E-state index in [9.17, 15) is 13.2 Å². The molecule has 0 unspecified atom stereocenters. The van der Waals surface area contributed by atoms with Crippen molar-refractivity contribution in [2.24, 2.45) is 0 Å². The summed E-state index contributed by atoms with van der Waals surface area (Å²) < 4.78 is 26.4. The summed E-state index contributed by atoms with van der Waals surface area (Å²) in [6.07, 6.45) is 1.78. The van der Waals surface area contributed by atoms with Crippen LogP contribution in [0.1, 0.15) is 24.0 Å². The number of carbonyl (C=O) groups is 1. The summed E-state index contributed by atoms with van der Waals surface area (Å²) in [6, 6.07) is 2.79. The molecule has 1 saturated carbocycles. The Morgan fingerprint density at radius 2 is 1.84 bits per heavy atom. The number of aryl methyl sites for hydroxylation is 2. The average Bonchev–Trinajstić information content (AvgIpc) is 3.06. The summed E-state index contributed by atoms with van der Waals surface area (Å²) in [5.74, 6) is 0. The Morgan fingerprint density at radius 1 is 1.26 bits per heavy atom. The molecule has 4 N–H and O–H groups in total. The second-order valence-corrected chi connectivity index (χ2v) is 6.41. The van der Waals surface area contributed by atoms with E-state index in [1.807, 2.05) is 4.72 Å². The maximum atomic E-state index is 12.2. The number of sulfonamides is 1. The number of nitrogens with two attached hydrogens (primary N) is 1. The quantitative estimate of drug-likeness (QED) is 0.721. The van der Waals surface area contributed by atoms with Gasteiger partial charge < -0.3 is 11.1 Å². The van der Waals surface area contributed by atoms with Gasteiger partial charge in [-0.1, -0.05) is 12.1 Å². The van der Waals surface area contributed by atoms with E-state index >= 15 is 0 Å². The highest BCUT2D eigenvalue weighted by atomic mass is 32.2. The van der Waals surface area contributed by atoms with Gasteiger partial charge in [0.25, 0.3) is 10.0 Å². The van der Waals surface area contributed by atoms with Gasteiger partial charge in [0, 0.05) is 6.04 Å². The first-order chi connectivity index (χ1) is 8.81. The number of nitrogens with one attached hydrogen (secondary N) is 2. The second kappa shape index (κ2) is 4.73. The zero-order valence-corrected chi connectivity index (χ0v) is 11.7. The van der Waals surface area contributed by atoms with Crippen LogP contribution in [0.3, 0.4) is 0 Å². The largest absolute Gasteiger partial charge is 0.397 e. The fraction of sp³-hybridized carbons (Fsp3) is 0.417. The summed E-state index contributed by atoms with van der Waals surface area (Å²) in [4.78, 5) is 11.5. The molecule has 0 radical (unpaired) electrons. The van der Waals surface area contributed by atoms with Crippen molar-refractivity contribution in [1.82, 2.24) is 10.0 Å². The molecule has 0 bridgehead atoms. The number of rotatable bonds is 3. The van der Waals surface area contributed by atoms with Gasteiger partial charge in [0.1, 0.15) is 4.90 Å². The molecule has 2 rings (SSSR count). The summed E-state index contributed by atoms with van der Waals surface area (Å²) in [6.45, 7) is 3.36. The zero-order chi connectivity index (χ0) is 14.2. The monoisotopic (exact) mass is 283 g/mol. The SMILES string of the molecule is Cc1ccc(C)c(S(=O)(=O)NC(=O)NC2CC2)c1N. The van der Waals surface area contributed by atoms with E-state index in [-0.39, 0.29) is 16.6 Å². The Balaban J connectivity index is 2.28. The molecule has 104 valence electrons. The number of amides is 2. The maximum Gasteiger partial charge on any atom is 0.328 e. The molecule has 0 atom stereocenters. The van der Waals surface area contributed by atoms with Gasteiger partial charge in [0.05, 0.1) is 5.69 Å². The van der Waals surface area contributed by atoms with Gasteiger partial charge in [0.15, 0.2) is 0 Å². The smallest absolute Gasteiger partial charge is 0.328 e. The van der Waals surface area contributed by atoms with Crippen molar-refractivity contribution < 1.29 is 13.2 Å². The third kappa shape index (κ3) is 2.98. The number of hydrogen-bond donors (Lipinski definition) is 3. The van der Waals surface area contributed by atoms with Crippen LogP contribution in [-0.2, 0) is 10.0 Å². The van der Waals surface area contributed by atoms with Crippen LogP contribution in [-0.4, -0.2) is 20.5 Å². The number of anilines is 1. The standard InChI is InChI=1S/C12H17N3O3S/c1-7-3-4-8(2)11(10(7)13)19(17,18)15-12(16)14-9-5-6-9/h3-4,9H,5-6,13H2,1-2H3,(H2,14,15,16). The molecule has 6 nitrogen and oxygen atoms in total. The minimum absolute atomic E-state index is 0.0292. The highest BCUT2D eigenvalue weighted by molar-refractivity contribution is 7.90. The van der Waals surface area contributed by atoms with Gasteiger partial charge in [-0.05, 0) is 37.8 Å². The van der Waals surface area contributed by atoms with Crippen LogP contribution in [0.4, 0.5) is 10.5 Å². The van der Waals surface area contributed by atoms with Crippen LogP contribution < -0.4 is 15.8 Å². The summed E-state index contributed by atoms with van der Waals surface area (Å²) in [5.41, 5.74) is 7.15. The Morgan fingerprint density at radius 3 is 2.42 bits per heavy atom. The molecule has 1 aliphatic rings. The highest BCUT2D eigenvalue weighted by Gasteiger charge is 2.27. The third-order valence-corrected chi connectivity index (χ3v) is 4.55. The normalized spacial score (nSPS) is 15.1. The highest BCUT2D eigenvalue weighted by Crippen LogP contribution is 2.25. The Hall–Kier alpha value is -1.76. The van der Waals surface area contributed by atoms with Crippen LogP contribution in [0.25, 0.3) is 0 Å². The van der Waals surface area contributed by atoms with Crippen LogP contribution in [0.5, 0.6) is 0 Å². The van der Waals surface area contributed by atoms with Gasteiger partial charge in [-0.3, -0.25) is 0 Å². The molecule has 7 heteroatoms. The van der Waals surface area contributed by atoms with Gasteiger partial charge in [-0.15, -0.1) is 0 Å².